The zero-order chi connectivity index (χ0) is 23.2. The van der Waals surface area contributed by atoms with E-state index in [0.29, 0.717) is 39.0 Å². The maximum Gasteiger partial charge on any atom is 0.435 e. The number of halogens is 3. The predicted molar refractivity (Wildman–Crippen MR) is 117 cm³/mol. The third kappa shape index (κ3) is 3.93. The molecular formula is C23H16F3N3O3S. The molecule has 1 aliphatic rings. The van der Waals surface area contributed by atoms with Gasteiger partial charge in [0, 0.05) is 24.4 Å². The largest absolute Gasteiger partial charge is 0.454 e. The van der Waals surface area contributed by atoms with E-state index in [9.17, 15) is 18.0 Å². The van der Waals surface area contributed by atoms with Crippen LogP contribution in [0, 0.1) is 0 Å². The Morgan fingerprint density at radius 3 is 2.64 bits per heavy atom. The van der Waals surface area contributed by atoms with E-state index < -0.39 is 11.9 Å². The second-order valence-electron chi connectivity index (χ2n) is 7.25. The Bertz CT molecular complexity index is 1330. The van der Waals surface area contributed by atoms with Crippen molar-refractivity contribution in [3.63, 3.8) is 0 Å². The van der Waals surface area contributed by atoms with E-state index in [4.69, 9.17) is 9.47 Å². The number of rotatable bonds is 4. The molecule has 168 valence electrons. The molecule has 0 radical (unpaired) electrons. The summed E-state index contributed by atoms with van der Waals surface area (Å²) in [5.74, 6) is 0.802. The standard InChI is InChI=1S/C23H16F3N3O3S/c1-28(15-7-8-18-19(11-15)32-13-31-18)22(30)14-4-2-5-16(10-14)29-17(20-6-3-9-33-20)12-21(27-29)23(24,25)26/h2-12H,13H2,1H3. The number of aromatic nitrogens is 2. The second kappa shape index (κ2) is 7.96. The van der Waals surface area contributed by atoms with Crippen molar-refractivity contribution in [3.05, 3.63) is 77.3 Å². The number of alkyl halides is 3. The fourth-order valence-corrected chi connectivity index (χ4v) is 4.22. The third-order valence-corrected chi connectivity index (χ3v) is 6.05. The van der Waals surface area contributed by atoms with Crippen LogP contribution in [0.2, 0.25) is 0 Å². The van der Waals surface area contributed by atoms with Crippen molar-refractivity contribution in [2.45, 2.75) is 6.18 Å². The summed E-state index contributed by atoms with van der Waals surface area (Å²) >= 11 is 1.31. The fourth-order valence-electron chi connectivity index (χ4n) is 3.49. The number of ether oxygens (including phenoxy) is 2. The molecule has 5 rings (SSSR count). The van der Waals surface area contributed by atoms with Gasteiger partial charge in [0.2, 0.25) is 6.79 Å². The summed E-state index contributed by atoms with van der Waals surface area (Å²) in [6, 6.07) is 16.0. The Labute approximate surface area is 190 Å². The SMILES string of the molecule is CN(C(=O)c1cccc(-n2nc(C(F)(F)F)cc2-c2cccs2)c1)c1ccc2c(c1)OCO2. The molecule has 0 aliphatic carbocycles. The lowest BCUT2D eigenvalue weighted by molar-refractivity contribution is -0.141. The van der Waals surface area contributed by atoms with E-state index in [0.717, 1.165) is 6.07 Å². The lowest BCUT2D eigenvalue weighted by Crippen LogP contribution is -2.26. The van der Waals surface area contributed by atoms with E-state index in [1.165, 1.54) is 27.0 Å². The highest BCUT2D eigenvalue weighted by atomic mass is 32.1. The topological polar surface area (TPSA) is 56.6 Å². The van der Waals surface area contributed by atoms with Crippen molar-refractivity contribution in [2.75, 3.05) is 18.7 Å². The smallest absolute Gasteiger partial charge is 0.435 e. The number of carbonyl (C=O) groups is 1. The molecule has 10 heteroatoms. The van der Waals surface area contributed by atoms with Gasteiger partial charge in [0.05, 0.1) is 16.3 Å². The van der Waals surface area contributed by atoms with Crippen molar-refractivity contribution in [1.29, 1.82) is 0 Å². The van der Waals surface area contributed by atoms with Gasteiger partial charge in [-0.3, -0.25) is 4.79 Å². The van der Waals surface area contributed by atoms with Crippen LogP contribution in [0.1, 0.15) is 16.1 Å². The molecule has 0 N–H and O–H groups in total. The van der Waals surface area contributed by atoms with Crippen molar-refractivity contribution >= 4 is 22.9 Å². The number of carbonyl (C=O) groups excluding carboxylic acids is 1. The zero-order valence-corrected chi connectivity index (χ0v) is 18.0. The molecule has 0 spiro atoms. The minimum absolute atomic E-state index is 0.120. The third-order valence-electron chi connectivity index (χ3n) is 5.16. The van der Waals surface area contributed by atoms with Crippen molar-refractivity contribution in [2.24, 2.45) is 0 Å². The van der Waals surface area contributed by atoms with Crippen molar-refractivity contribution < 1.29 is 27.4 Å². The molecule has 0 saturated carbocycles. The Morgan fingerprint density at radius 2 is 1.88 bits per heavy atom. The van der Waals surface area contributed by atoms with Crippen LogP contribution in [0.4, 0.5) is 18.9 Å². The van der Waals surface area contributed by atoms with E-state index in [1.807, 2.05) is 0 Å². The maximum atomic E-state index is 13.4. The van der Waals surface area contributed by atoms with Crippen LogP contribution in [0.25, 0.3) is 16.3 Å². The van der Waals surface area contributed by atoms with Crippen LogP contribution in [-0.4, -0.2) is 29.5 Å². The summed E-state index contributed by atoms with van der Waals surface area (Å²) in [6.07, 6.45) is -4.59. The van der Waals surface area contributed by atoms with Gasteiger partial charge < -0.3 is 14.4 Å². The molecule has 1 aliphatic heterocycles. The van der Waals surface area contributed by atoms with Gasteiger partial charge in [0.1, 0.15) is 0 Å². The van der Waals surface area contributed by atoms with Crippen LogP contribution >= 0.6 is 11.3 Å². The van der Waals surface area contributed by atoms with Gasteiger partial charge in [-0.1, -0.05) is 12.1 Å². The maximum absolute atomic E-state index is 13.4. The van der Waals surface area contributed by atoms with Crippen LogP contribution in [0.3, 0.4) is 0 Å². The first-order chi connectivity index (χ1) is 15.8. The van der Waals surface area contributed by atoms with Gasteiger partial charge in [-0.25, -0.2) is 4.68 Å². The Hall–Kier alpha value is -3.79. The first kappa shape index (κ1) is 21.1. The molecule has 3 heterocycles. The molecule has 4 aromatic rings. The van der Waals surface area contributed by atoms with E-state index in [1.54, 1.807) is 61.0 Å². The van der Waals surface area contributed by atoms with E-state index >= 15 is 0 Å². The van der Waals surface area contributed by atoms with Crippen LogP contribution in [-0.2, 0) is 6.18 Å². The molecule has 0 atom stereocenters. The highest BCUT2D eigenvalue weighted by Crippen LogP contribution is 2.36. The number of hydrogen-bond donors (Lipinski definition) is 0. The van der Waals surface area contributed by atoms with Crippen LogP contribution < -0.4 is 14.4 Å². The zero-order valence-electron chi connectivity index (χ0n) is 17.2. The molecule has 2 aromatic carbocycles. The lowest BCUT2D eigenvalue weighted by atomic mass is 10.1. The average molecular weight is 471 g/mol. The molecule has 6 nitrogen and oxygen atoms in total. The summed E-state index contributed by atoms with van der Waals surface area (Å²) in [6.45, 7) is 0.120. The molecule has 0 unspecified atom stereocenters. The number of thiophene rings is 1. The Kier molecular flexibility index (Phi) is 5.09. The summed E-state index contributed by atoms with van der Waals surface area (Å²) in [4.78, 5) is 15.2. The van der Waals surface area contributed by atoms with Gasteiger partial charge in [0.15, 0.2) is 17.2 Å². The highest BCUT2D eigenvalue weighted by molar-refractivity contribution is 7.13. The monoisotopic (exact) mass is 471 g/mol. The minimum Gasteiger partial charge on any atom is -0.454 e. The van der Waals surface area contributed by atoms with Gasteiger partial charge in [0.25, 0.3) is 5.91 Å². The van der Waals surface area contributed by atoms with Crippen molar-refractivity contribution in [1.82, 2.24) is 9.78 Å². The molecule has 33 heavy (non-hydrogen) atoms. The quantitative estimate of drug-likeness (QED) is 0.387. The molecule has 0 fully saturated rings. The average Bonchev–Trinajstić information content (AvgIpc) is 3.57. The van der Waals surface area contributed by atoms with E-state index in [2.05, 4.69) is 5.10 Å². The highest BCUT2D eigenvalue weighted by Gasteiger charge is 2.35. The fraction of sp³-hybridized carbons (Fsp3) is 0.130. The summed E-state index contributed by atoms with van der Waals surface area (Å²) < 4.78 is 52.0. The van der Waals surface area contributed by atoms with Crippen LogP contribution in [0.15, 0.2) is 66.0 Å². The number of nitrogens with zero attached hydrogens (tertiary/aromatic N) is 3. The number of amides is 1. The van der Waals surface area contributed by atoms with Crippen LogP contribution in [0.5, 0.6) is 11.5 Å². The molecule has 0 saturated heterocycles. The number of anilines is 1. The first-order valence-corrected chi connectivity index (χ1v) is 10.7. The summed E-state index contributed by atoms with van der Waals surface area (Å²) in [7, 11) is 1.61. The first-order valence-electron chi connectivity index (χ1n) is 9.80. The Balaban J connectivity index is 1.51. The number of benzene rings is 2. The molecule has 2 aromatic heterocycles. The Morgan fingerprint density at radius 1 is 1.06 bits per heavy atom. The predicted octanol–water partition coefficient (Wildman–Crippen LogP) is 5.62. The van der Waals surface area contributed by atoms with Gasteiger partial charge in [-0.15, -0.1) is 11.3 Å². The molecule has 1 amide bonds. The van der Waals surface area contributed by atoms with Gasteiger partial charge in [-0.05, 0) is 47.8 Å². The minimum atomic E-state index is -4.59. The number of hydrogen-bond acceptors (Lipinski definition) is 5. The lowest BCUT2D eigenvalue weighted by Gasteiger charge is -2.18. The second-order valence-corrected chi connectivity index (χ2v) is 8.20. The normalized spacial score (nSPS) is 12.7. The van der Waals surface area contributed by atoms with Crippen molar-refractivity contribution in [3.8, 4) is 27.8 Å². The van der Waals surface area contributed by atoms with Gasteiger partial charge in [-0.2, -0.15) is 18.3 Å². The number of fused-ring (bicyclic) bond motifs is 1. The summed E-state index contributed by atoms with van der Waals surface area (Å²) in [5.41, 5.74) is 0.534. The summed E-state index contributed by atoms with van der Waals surface area (Å²) in [5, 5.41) is 5.57. The van der Waals surface area contributed by atoms with E-state index in [-0.39, 0.29) is 12.7 Å². The molecular weight excluding hydrogens is 455 g/mol. The van der Waals surface area contributed by atoms with Gasteiger partial charge >= 0.3 is 6.18 Å². The molecule has 0 bridgehead atoms.